The second-order valence-electron chi connectivity index (χ2n) is 8.89. The molecule has 170 valence electrons. The van der Waals surface area contributed by atoms with E-state index in [-0.39, 0.29) is 11.7 Å². The van der Waals surface area contributed by atoms with Gasteiger partial charge in [-0.25, -0.2) is 8.42 Å². The van der Waals surface area contributed by atoms with Gasteiger partial charge in [-0.1, -0.05) is 66.2 Å². The number of hydrogen-bond acceptors (Lipinski definition) is 4. The van der Waals surface area contributed by atoms with Crippen LogP contribution in [0.1, 0.15) is 17.5 Å². The first kappa shape index (κ1) is 22.6. The molecule has 33 heavy (non-hydrogen) atoms. The highest BCUT2D eigenvalue weighted by Gasteiger charge is 2.30. The lowest BCUT2D eigenvalue weighted by Crippen LogP contribution is -2.23. The number of hydrogen-bond donors (Lipinski definition) is 0. The smallest absolute Gasteiger partial charge is 0.188 e. The predicted octanol–water partition coefficient (Wildman–Crippen LogP) is 6.83. The molecule has 1 saturated heterocycles. The number of likely N-dealkylation sites (tertiary alicyclic amines) is 1. The van der Waals surface area contributed by atoms with E-state index in [4.69, 9.17) is 11.6 Å². The summed E-state index contributed by atoms with van der Waals surface area (Å²) < 4.78 is 28.0. The third-order valence-corrected chi connectivity index (χ3v) is 10.5. The fourth-order valence-corrected chi connectivity index (χ4v) is 8.43. The number of nitrogens with zero attached hydrogens (tertiary/aromatic N) is 1. The SMILES string of the molecule is Cc1c(S(=O)(=O)C[C@@H]2CCN(Cc3ccc(-c4ccccc4)cc3)C2)sc2ccc(Cl)cc12. The number of rotatable bonds is 6. The fraction of sp³-hybridized carbons (Fsp3) is 0.259. The van der Waals surface area contributed by atoms with E-state index in [9.17, 15) is 8.42 Å². The van der Waals surface area contributed by atoms with E-state index in [0.717, 1.165) is 41.7 Å². The lowest BCUT2D eigenvalue weighted by molar-refractivity contribution is 0.320. The Bertz CT molecular complexity index is 1380. The van der Waals surface area contributed by atoms with Crippen molar-refractivity contribution in [1.82, 2.24) is 4.90 Å². The molecule has 5 rings (SSSR count). The number of sulfone groups is 1. The number of thiophene rings is 1. The zero-order valence-electron chi connectivity index (χ0n) is 18.5. The van der Waals surface area contributed by atoms with Gasteiger partial charge in [-0.05, 0) is 71.6 Å². The van der Waals surface area contributed by atoms with Gasteiger partial charge < -0.3 is 0 Å². The first-order valence-electron chi connectivity index (χ1n) is 11.2. The van der Waals surface area contributed by atoms with E-state index in [0.29, 0.717) is 9.23 Å². The van der Waals surface area contributed by atoms with Gasteiger partial charge in [0.05, 0.1) is 5.75 Å². The van der Waals surface area contributed by atoms with Crippen LogP contribution in [-0.2, 0) is 16.4 Å². The van der Waals surface area contributed by atoms with Crippen LogP contribution in [0.3, 0.4) is 0 Å². The van der Waals surface area contributed by atoms with Crippen LogP contribution in [0.25, 0.3) is 21.2 Å². The Balaban J connectivity index is 1.24. The summed E-state index contributed by atoms with van der Waals surface area (Å²) in [6.07, 6.45) is 0.914. The van der Waals surface area contributed by atoms with Crippen molar-refractivity contribution in [2.24, 2.45) is 5.92 Å². The van der Waals surface area contributed by atoms with Crippen LogP contribution in [0.5, 0.6) is 0 Å². The molecule has 0 unspecified atom stereocenters. The normalized spacial score (nSPS) is 17.1. The zero-order valence-corrected chi connectivity index (χ0v) is 20.9. The predicted molar refractivity (Wildman–Crippen MR) is 139 cm³/mol. The molecule has 1 aromatic heterocycles. The molecule has 1 aliphatic heterocycles. The van der Waals surface area contributed by atoms with Crippen molar-refractivity contribution in [2.45, 2.75) is 24.1 Å². The molecule has 1 fully saturated rings. The molecule has 3 aromatic carbocycles. The van der Waals surface area contributed by atoms with E-state index < -0.39 is 9.84 Å². The topological polar surface area (TPSA) is 37.4 Å². The maximum absolute atomic E-state index is 13.3. The van der Waals surface area contributed by atoms with Crippen molar-refractivity contribution in [2.75, 3.05) is 18.8 Å². The van der Waals surface area contributed by atoms with Gasteiger partial charge in [0, 0.05) is 22.8 Å². The average molecular weight is 496 g/mol. The highest BCUT2D eigenvalue weighted by molar-refractivity contribution is 7.93. The van der Waals surface area contributed by atoms with Crippen LogP contribution in [0.15, 0.2) is 77.0 Å². The van der Waals surface area contributed by atoms with Crippen LogP contribution in [0, 0.1) is 12.8 Å². The first-order valence-corrected chi connectivity index (χ1v) is 14.0. The average Bonchev–Trinajstić information content (AvgIpc) is 3.38. The molecule has 0 aliphatic carbocycles. The van der Waals surface area contributed by atoms with Crippen LogP contribution in [0.2, 0.25) is 5.02 Å². The van der Waals surface area contributed by atoms with Crippen molar-refractivity contribution < 1.29 is 8.42 Å². The quantitative estimate of drug-likeness (QED) is 0.294. The molecule has 0 amide bonds. The lowest BCUT2D eigenvalue weighted by atomic mass is 10.0. The Morgan fingerprint density at radius 1 is 1.00 bits per heavy atom. The minimum Gasteiger partial charge on any atom is -0.299 e. The van der Waals surface area contributed by atoms with Gasteiger partial charge in [-0.2, -0.15) is 0 Å². The largest absolute Gasteiger partial charge is 0.299 e. The van der Waals surface area contributed by atoms with Gasteiger partial charge in [-0.3, -0.25) is 4.90 Å². The van der Waals surface area contributed by atoms with E-state index in [2.05, 4.69) is 53.4 Å². The number of fused-ring (bicyclic) bond motifs is 1. The monoisotopic (exact) mass is 495 g/mol. The van der Waals surface area contributed by atoms with Gasteiger partial charge >= 0.3 is 0 Å². The number of aryl methyl sites for hydroxylation is 1. The van der Waals surface area contributed by atoms with E-state index in [1.54, 1.807) is 0 Å². The van der Waals surface area contributed by atoms with E-state index in [1.807, 2.05) is 31.2 Å². The molecule has 3 nitrogen and oxygen atoms in total. The van der Waals surface area contributed by atoms with Gasteiger partial charge in [0.25, 0.3) is 0 Å². The fourth-order valence-electron chi connectivity index (χ4n) is 4.74. The second-order valence-corrected chi connectivity index (χ2v) is 12.6. The van der Waals surface area contributed by atoms with Crippen molar-refractivity contribution in [3.63, 3.8) is 0 Å². The van der Waals surface area contributed by atoms with Gasteiger partial charge in [0.1, 0.15) is 4.21 Å². The number of halogens is 1. The molecular formula is C27H26ClNO2S2. The van der Waals surface area contributed by atoms with Crippen LogP contribution >= 0.6 is 22.9 Å². The Morgan fingerprint density at radius 2 is 1.73 bits per heavy atom. The second kappa shape index (κ2) is 9.22. The zero-order chi connectivity index (χ0) is 23.0. The van der Waals surface area contributed by atoms with Crippen molar-refractivity contribution in [1.29, 1.82) is 0 Å². The third kappa shape index (κ3) is 4.87. The molecule has 1 aliphatic rings. The van der Waals surface area contributed by atoms with Crippen LogP contribution in [0.4, 0.5) is 0 Å². The molecule has 6 heteroatoms. The van der Waals surface area contributed by atoms with Gasteiger partial charge in [-0.15, -0.1) is 11.3 Å². The third-order valence-electron chi connectivity index (χ3n) is 6.43. The molecule has 0 radical (unpaired) electrons. The molecule has 4 aromatic rings. The lowest BCUT2D eigenvalue weighted by Gasteiger charge is -2.16. The minimum atomic E-state index is -3.33. The van der Waals surface area contributed by atoms with Crippen molar-refractivity contribution in [3.8, 4) is 11.1 Å². The maximum atomic E-state index is 13.3. The Morgan fingerprint density at radius 3 is 2.48 bits per heavy atom. The standard InChI is InChI=1S/C27H26ClNO2S2/c1-19-25-15-24(28)11-12-26(25)32-27(19)33(30,31)18-21-13-14-29(17-21)16-20-7-9-23(10-8-20)22-5-3-2-4-6-22/h2-12,15,21H,13-14,16-18H2,1H3/t21-/m1/s1. The highest BCUT2D eigenvalue weighted by Crippen LogP contribution is 2.37. The van der Waals surface area contributed by atoms with Crippen molar-refractivity contribution >= 4 is 42.9 Å². The highest BCUT2D eigenvalue weighted by atomic mass is 35.5. The van der Waals surface area contributed by atoms with Crippen LogP contribution in [-0.4, -0.2) is 32.2 Å². The molecule has 0 spiro atoms. The summed E-state index contributed by atoms with van der Waals surface area (Å²) in [5.41, 5.74) is 4.51. The summed E-state index contributed by atoms with van der Waals surface area (Å²) in [5, 5.41) is 1.58. The Labute approximate surface area is 204 Å². The number of benzene rings is 3. The van der Waals surface area contributed by atoms with E-state index >= 15 is 0 Å². The Kier molecular flexibility index (Phi) is 6.32. The summed E-state index contributed by atoms with van der Waals surface area (Å²) in [5.74, 6) is 0.365. The van der Waals surface area contributed by atoms with E-state index in [1.165, 1.54) is 28.0 Å². The van der Waals surface area contributed by atoms with Crippen LogP contribution < -0.4 is 0 Å². The minimum absolute atomic E-state index is 0.159. The summed E-state index contributed by atoms with van der Waals surface area (Å²) in [6.45, 7) is 4.49. The summed E-state index contributed by atoms with van der Waals surface area (Å²) in [6, 6.07) is 24.7. The first-order chi connectivity index (χ1) is 15.9. The molecule has 0 saturated carbocycles. The summed E-state index contributed by atoms with van der Waals surface area (Å²) in [7, 11) is -3.33. The molecular weight excluding hydrogens is 470 g/mol. The molecule has 0 bridgehead atoms. The summed E-state index contributed by atoms with van der Waals surface area (Å²) >= 11 is 7.49. The Hall–Kier alpha value is -2.18. The molecule has 1 atom stereocenters. The van der Waals surface area contributed by atoms with Crippen molar-refractivity contribution in [3.05, 3.63) is 88.9 Å². The molecule has 0 N–H and O–H groups in total. The molecule has 2 heterocycles. The summed E-state index contributed by atoms with van der Waals surface area (Å²) in [4.78, 5) is 2.37. The maximum Gasteiger partial charge on any atom is 0.188 e. The van der Waals surface area contributed by atoms with Gasteiger partial charge in [0.2, 0.25) is 0 Å². The van der Waals surface area contributed by atoms with Gasteiger partial charge in [0.15, 0.2) is 9.84 Å².